The Balaban J connectivity index is 2.04. The zero-order valence-corrected chi connectivity index (χ0v) is 13.0. The molecule has 2 heterocycles. The predicted molar refractivity (Wildman–Crippen MR) is 87.8 cm³/mol. The van der Waals surface area contributed by atoms with Crippen LogP contribution in [0.4, 0.5) is 0 Å². The topological polar surface area (TPSA) is 50.8 Å². The second-order valence-corrected chi connectivity index (χ2v) is 5.46. The number of benzene rings is 1. The largest absolute Gasteiger partial charge is 0.490 e. The van der Waals surface area contributed by atoms with Crippen molar-refractivity contribution in [3.05, 3.63) is 54.5 Å². The summed E-state index contributed by atoms with van der Waals surface area (Å²) in [5.74, 6) is 1.65. The van der Waals surface area contributed by atoms with E-state index < -0.39 is 0 Å². The van der Waals surface area contributed by atoms with Crippen molar-refractivity contribution in [3.63, 3.8) is 0 Å². The lowest BCUT2D eigenvalue weighted by atomic mass is 10.2. The van der Waals surface area contributed by atoms with Crippen molar-refractivity contribution in [1.29, 1.82) is 0 Å². The smallest absolute Gasteiger partial charge is 0.142 e. The molecule has 3 aromatic rings. The van der Waals surface area contributed by atoms with E-state index in [1.807, 2.05) is 63.4 Å². The summed E-state index contributed by atoms with van der Waals surface area (Å²) in [6.07, 6.45) is 3.71. The molecule has 22 heavy (non-hydrogen) atoms. The molecular formula is C18H19N3O. The molecule has 2 aromatic heterocycles. The van der Waals surface area contributed by atoms with Gasteiger partial charge in [-0.25, -0.2) is 4.98 Å². The van der Waals surface area contributed by atoms with E-state index in [0.29, 0.717) is 0 Å². The molecule has 112 valence electrons. The van der Waals surface area contributed by atoms with Crippen LogP contribution in [0.25, 0.3) is 22.6 Å². The fraction of sp³-hybridized carbons (Fsp3) is 0.222. The van der Waals surface area contributed by atoms with Gasteiger partial charge in [-0.05, 0) is 45.0 Å². The van der Waals surface area contributed by atoms with Crippen LogP contribution in [0.1, 0.15) is 19.5 Å². The maximum absolute atomic E-state index is 5.88. The first-order valence-corrected chi connectivity index (χ1v) is 7.38. The third-order valence-corrected chi connectivity index (χ3v) is 3.32. The van der Waals surface area contributed by atoms with Crippen LogP contribution in [0.3, 0.4) is 0 Å². The molecule has 0 radical (unpaired) electrons. The van der Waals surface area contributed by atoms with Gasteiger partial charge >= 0.3 is 0 Å². The van der Waals surface area contributed by atoms with Crippen molar-refractivity contribution in [1.82, 2.24) is 15.0 Å². The Bertz CT molecular complexity index is 763. The number of rotatable bonds is 4. The van der Waals surface area contributed by atoms with Gasteiger partial charge in [0.05, 0.1) is 17.4 Å². The molecule has 0 aliphatic rings. The van der Waals surface area contributed by atoms with E-state index >= 15 is 0 Å². The van der Waals surface area contributed by atoms with Gasteiger partial charge in [-0.15, -0.1) is 0 Å². The number of ether oxygens (including phenoxy) is 1. The molecule has 0 amide bonds. The molecule has 0 aliphatic heterocycles. The van der Waals surface area contributed by atoms with Gasteiger partial charge in [0.25, 0.3) is 0 Å². The fourth-order valence-corrected chi connectivity index (χ4v) is 2.39. The summed E-state index contributed by atoms with van der Waals surface area (Å²) in [4.78, 5) is 12.3. The standard InChI is InChI=1S/C18H19N3O/c1-12(2)22-16-9-5-4-8-15(16)18-20-13(3)17(21-18)14-7-6-10-19-11-14/h4-12H,1-3H3,(H,20,21). The van der Waals surface area contributed by atoms with Crippen LogP contribution < -0.4 is 4.74 Å². The molecule has 1 N–H and O–H groups in total. The summed E-state index contributed by atoms with van der Waals surface area (Å²) in [5.41, 5.74) is 3.91. The van der Waals surface area contributed by atoms with Crippen LogP contribution in [-0.4, -0.2) is 21.1 Å². The fourth-order valence-electron chi connectivity index (χ4n) is 2.39. The van der Waals surface area contributed by atoms with Crippen LogP contribution in [0.15, 0.2) is 48.8 Å². The summed E-state index contributed by atoms with van der Waals surface area (Å²) in [5, 5.41) is 0. The highest BCUT2D eigenvalue weighted by molar-refractivity contribution is 5.70. The molecule has 0 atom stereocenters. The molecule has 0 unspecified atom stereocenters. The Morgan fingerprint density at radius 1 is 1.09 bits per heavy atom. The van der Waals surface area contributed by atoms with E-state index in [2.05, 4.69) is 9.97 Å². The quantitative estimate of drug-likeness (QED) is 0.783. The summed E-state index contributed by atoms with van der Waals surface area (Å²) in [7, 11) is 0. The van der Waals surface area contributed by atoms with Gasteiger partial charge in [-0.2, -0.15) is 0 Å². The third-order valence-electron chi connectivity index (χ3n) is 3.32. The van der Waals surface area contributed by atoms with Gasteiger partial charge in [0, 0.05) is 23.7 Å². The Hall–Kier alpha value is -2.62. The van der Waals surface area contributed by atoms with Crippen LogP contribution in [0.2, 0.25) is 0 Å². The Labute approximate surface area is 130 Å². The average Bonchev–Trinajstić information content (AvgIpc) is 2.90. The first-order valence-electron chi connectivity index (χ1n) is 7.38. The van der Waals surface area contributed by atoms with E-state index in [9.17, 15) is 0 Å². The molecule has 0 fully saturated rings. The number of nitrogens with one attached hydrogen (secondary N) is 1. The molecule has 0 bridgehead atoms. The average molecular weight is 293 g/mol. The van der Waals surface area contributed by atoms with Gasteiger partial charge in [0.2, 0.25) is 0 Å². The summed E-state index contributed by atoms with van der Waals surface area (Å²) in [6.45, 7) is 6.06. The molecule has 0 saturated heterocycles. The molecule has 1 aromatic carbocycles. The lowest BCUT2D eigenvalue weighted by Gasteiger charge is -2.12. The first-order chi connectivity index (χ1) is 10.6. The van der Waals surface area contributed by atoms with Crippen molar-refractivity contribution in [2.75, 3.05) is 0 Å². The number of aromatic nitrogens is 3. The van der Waals surface area contributed by atoms with Gasteiger partial charge < -0.3 is 9.72 Å². The number of H-pyrrole nitrogens is 1. The molecule has 4 heteroatoms. The van der Waals surface area contributed by atoms with Crippen LogP contribution >= 0.6 is 0 Å². The van der Waals surface area contributed by atoms with E-state index in [1.54, 1.807) is 6.20 Å². The minimum Gasteiger partial charge on any atom is -0.490 e. The third kappa shape index (κ3) is 2.86. The Kier molecular flexibility index (Phi) is 3.92. The number of para-hydroxylation sites is 1. The Morgan fingerprint density at radius 3 is 2.64 bits per heavy atom. The normalized spacial score (nSPS) is 10.9. The van der Waals surface area contributed by atoms with E-state index in [4.69, 9.17) is 9.72 Å². The van der Waals surface area contributed by atoms with E-state index in [-0.39, 0.29) is 6.10 Å². The number of nitrogens with zero attached hydrogens (tertiary/aromatic N) is 2. The molecular weight excluding hydrogens is 274 g/mol. The lowest BCUT2D eigenvalue weighted by Crippen LogP contribution is -2.06. The Morgan fingerprint density at radius 2 is 1.91 bits per heavy atom. The molecule has 0 aliphatic carbocycles. The van der Waals surface area contributed by atoms with Crippen molar-refractivity contribution < 1.29 is 4.74 Å². The number of hydrogen-bond acceptors (Lipinski definition) is 3. The number of aromatic amines is 1. The highest BCUT2D eigenvalue weighted by Crippen LogP contribution is 2.31. The van der Waals surface area contributed by atoms with Gasteiger partial charge in [0.15, 0.2) is 0 Å². The zero-order chi connectivity index (χ0) is 15.5. The monoisotopic (exact) mass is 293 g/mol. The maximum Gasteiger partial charge on any atom is 0.142 e. The van der Waals surface area contributed by atoms with Crippen LogP contribution in [-0.2, 0) is 0 Å². The SMILES string of the molecule is Cc1[nH]c(-c2ccccc2OC(C)C)nc1-c1cccnc1. The minimum atomic E-state index is 0.120. The number of pyridine rings is 1. The van der Waals surface area contributed by atoms with E-state index in [0.717, 1.165) is 34.1 Å². The van der Waals surface area contributed by atoms with Crippen LogP contribution in [0.5, 0.6) is 5.75 Å². The number of hydrogen-bond donors (Lipinski definition) is 1. The first kappa shape index (κ1) is 14.3. The highest BCUT2D eigenvalue weighted by Gasteiger charge is 2.14. The van der Waals surface area contributed by atoms with Crippen molar-refractivity contribution in [2.24, 2.45) is 0 Å². The summed E-state index contributed by atoms with van der Waals surface area (Å²) >= 11 is 0. The van der Waals surface area contributed by atoms with Crippen molar-refractivity contribution >= 4 is 0 Å². The lowest BCUT2D eigenvalue weighted by molar-refractivity contribution is 0.243. The van der Waals surface area contributed by atoms with Gasteiger partial charge in [-0.1, -0.05) is 12.1 Å². The van der Waals surface area contributed by atoms with Gasteiger partial charge in [-0.3, -0.25) is 4.98 Å². The minimum absolute atomic E-state index is 0.120. The molecule has 3 rings (SSSR count). The number of aryl methyl sites for hydroxylation is 1. The second-order valence-electron chi connectivity index (χ2n) is 5.46. The maximum atomic E-state index is 5.88. The second kappa shape index (κ2) is 6.02. The van der Waals surface area contributed by atoms with Crippen molar-refractivity contribution in [2.45, 2.75) is 26.9 Å². The predicted octanol–water partition coefficient (Wildman–Crippen LogP) is 4.23. The molecule has 4 nitrogen and oxygen atoms in total. The van der Waals surface area contributed by atoms with Crippen LogP contribution in [0, 0.1) is 6.92 Å². The number of imidazole rings is 1. The molecule has 0 spiro atoms. The van der Waals surface area contributed by atoms with Crippen molar-refractivity contribution in [3.8, 4) is 28.4 Å². The van der Waals surface area contributed by atoms with E-state index in [1.165, 1.54) is 0 Å². The van der Waals surface area contributed by atoms with Gasteiger partial charge in [0.1, 0.15) is 11.6 Å². The summed E-state index contributed by atoms with van der Waals surface area (Å²) < 4.78 is 5.88. The highest BCUT2D eigenvalue weighted by atomic mass is 16.5. The zero-order valence-electron chi connectivity index (χ0n) is 13.0. The molecule has 0 saturated carbocycles. The summed E-state index contributed by atoms with van der Waals surface area (Å²) in [6, 6.07) is 11.9.